The number of hydrogen-bond acceptors (Lipinski definition) is 4. The molecule has 0 bridgehead atoms. The molecular weight excluding hydrogens is 416 g/mol. The van der Waals surface area contributed by atoms with Gasteiger partial charge in [0.1, 0.15) is 0 Å². The number of amides is 1. The zero-order valence-electron chi connectivity index (χ0n) is 18.5. The molecule has 3 aromatic carbocycles. The Morgan fingerprint density at radius 1 is 0.970 bits per heavy atom. The van der Waals surface area contributed by atoms with Gasteiger partial charge in [0.25, 0.3) is 5.69 Å². The second kappa shape index (κ2) is 9.48. The van der Waals surface area contributed by atoms with Gasteiger partial charge in [-0.2, -0.15) is 5.10 Å². The van der Waals surface area contributed by atoms with Crippen LogP contribution in [0.3, 0.4) is 0 Å². The summed E-state index contributed by atoms with van der Waals surface area (Å²) in [5.74, 6) is -0.0333. The molecule has 0 saturated carbocycles. The van der Waals surface area contributed by atoms with Gasteiger partial charge in [0, 0.05) is 43.0 Å². The zero-order chi connectivity index (χ0) is 23.4. The minimum atomic E-state index is -0.433. The minimum Gasteiger partial charge on any atom is -0.341 e. The second-order valence-electron chi connectivity index (χ2n) is 7.94. The molecule has 0 aliphatic rings. The molecular formula is C26H24N4O3. The molecule has 4 rings (SSSR count). The molecule has 0 saturated heterocycles. The van der Waals surface area contributed by atoms with Gasteiger partial charge in [-0.1, -0.05) is 42.5 Å². The third-order valence-electron chi connectivity index (χ3n) is 5.60. The van der Waals surface area contributed by atoms with Crippen molar-refractivity contribution in [2.24, 2.45) is 0 Å². The highest BCUT2D eigenvalue weighted by Crippen LogP contribution is 2.26. The van der Waals surface area contributed by atoms with E-state index in [4.69, 9.17) is 5.10 Å². The van der Waals surface area contributed by atoms with E-state index < -0.39 is 4.92 Å². The van der Waals surface area contributed by atoms with E-state index in [2.05, 4.69) is 0 Å². The predicted octanol–water partition coefficient (Wildman–Crippen LogP) is 4.96. The summed E-state index contributed by atoms with van der Waals surface area (Å²) in [6, 6.07) is 23.9. The van der Waals surface area contributed by atoms with Crippen LogP contribution in [0.4, 0.5) is 5.69 Å². The van der Waals surface area contributed by atoms with Crippen molar-refractivity contribution in [3.63, 3.8) is 0 Å². The number of benzene rings is 3. The average molecular weight is 441 g/mol. The van der Waals surface area contributed by atoms with Crippen molar-refractivity contribution in [2.75, 3.05) is 7.05 Å². The minimum absolute atomic E-state index is 0.0110. The van der Waals surface area contributed by atoms with Crippen LogP contribution in [0.2, 0.25) is 0 Å². The summed E-state index contributed by atoms with van der Waals surface area (Å²) in [5.41, 5.74) is 5.23. The van der Waals surface area contributed by atoms with Crippen LogP contribution in [0.5, 0.6) is 0 Å². The van der Waals surface area contributed by atoms with E-state index in [-0.39, 0.29) is 18.0 Å². The monoisotopic (exact) mass is 440 g/mol. The first kappa shape index (κ1) is 22.0. The normalized spacial score (nSPS) is 10.7. The number of nitro benzene ring substituents is 1. The van der Waals surface area contributed by atoms with Crippen LogP contribution in [-0.4, -0.2) is 32.6 Å². The standard InChI is InChI=1S/C26H24N4O3/c1-19-8-6-7-9-21(19)17-28(2)25(31)16-22-18-29(23-10-4-3-5-11-23)27-26(22)20-12-14-24(15-13-20)30(32)33/h3-15,18H,16-17H2,1-2H3. The molecule has 166 valence electrons. The first-order chi connectivity index (χ1) is 15.9. The van der Waals surface area contributed by atoms with Crippen molar-refractivity contribution < 1.29 is 9.72 Å². The third kappa shape index (κ3) is 4.98. The van der Waals surface area contributed by atoms with E-state index in [1.54, 1.807) is 28.8 Å². The van der Waals surface area contributed by atoms with E-state index in [1.165, 1.54) is 12.1 Å². The molecule has 0 fully saturated rings. The molecule has 0 aliphatic heterocycles. The highest BCUT2D eigenvalue weighted by Gasteiger charge is 2.19. The summed E-state index contributed by atoms with van der Waals surface area (Å²) in [4.78, 5) is 25.4. The fourth-order valence-electron chi connectivity index (χ4n) is 3.67. The SMILES string of the molecule is Cc1ccccc1CN(C)C(=O)Cc1cn(-c2ccccc2)nc1-c1ccc([N+](=O)[O-])cc1. The number of hydrogen-bond donors (Lipinski definition) is 0. The number of aryl methyl sites for hydroxylation is 1. The van der Waals surface area contributed by atoms with Gasteiger partial charge in [-0.3, -0.25) is 14.9 Å². The highest BCUT2D eigenvalue weighted by molar-refractivity contribution is 5.81. The maximum Gasteiger partial charge on any atom is 0.269 e. The van der Waals surface area contributed by atoms with Crippen molar-refractivity contribution in [3.8, 4) is 16.9 Å². The van der Waals surface area contributed by atoms with Crippen LogP contribution in [0.1, 0.15) is 16.7 Å². The van der Waals surface area contributed by atoms with Crippen LogP contribution in [-0.2, 0) is 17.8 Å². The smallest absolute Gasteiger partial charge is 0.269 e. The second-order valence-corrected chi connectivity index (χ2v) is 7.94. The fourth-order valence-corrected chi connectivity index (χ4v) is 3.67. The van der Waals surface area contributed by atoms with Crippen LogP contribution < -0.4 is 0 Å². The Balaban J connectivity index is 1.64. The number of carbonyl (C=O) groups excluding carboxylic acids is 1. The number of rotatable bonds is 7. The lowest BCUT2D eigenvalue weighted by Gasteiger charge is -2.18. The third-order valence-corrected chi connectivity index (χ3v) is 5.60. The van der Waals surface area contributed by atoms with Gasteiger partial charge in [0.2, 0.25) is 5.91 Å². The summed E-state index contributed by atoms with van der Waals surface area (Å²) in [7, 11) is 1.79. The number of likely N-dealkylation sites (N-methyl/N-ethyl adjacent to an activating group) is 1. The summed E-state index contributed by atoms with van der Waals surface area (Å²) < 4.78 is 1.74. The maximum atomic E-state index is 13.1. The van der Waals surface area contributed by atoms with E-state index in [0.29, 0.717) is 12.2 Å². The topological polar surface area (TPSA) is 81.3 Å². The van der Waals surface area contributed by atoms with Crippen LogP contribution in [0, 0.1) is 17.0 Å². The van der Waals surface area contributed by atoms with Gasteiger partial charge in [-0.05, 0) is 42.3 Å². The Hall–Kier alpha value is -4.26. The Labute approximate surface area is 192 Å². The maximum absolute atomic E-state index is 13.1. The molecule has 0 spiro atoms. The molecule has 1 aromatic heterocycles. The zero-order valence-corrected chi connectivity index (χ0v) is 18.5. The molecule has 7 heteroatoms. The number of aromatic nitrogens is 2. The van der Waals surface area contributed by atoms with Gasteiger partial charge < -0.3 is 4.90 Å². The average Bonchev–Trinajstić information content (AvgIpc) is 3.25. The van der Waals surface area contributed by atoms with Crippen molar-refractivity contribution in [3.05, 3.63) is 112 Å². The van der Waals surface area contributed by atoms with Gasteiger partial charge in [-0.15, -0.1) is 0 Å². The number of non-ortho nitro benzene ring substituents is 1. The predicted molar refractivity (Wildman–Crippen MR) is 127 cm³/mol. The summed E-state index contributed by atoms with van der Waals surface area (Å²) >= 11 is 0. The lowest BCUT2D eigenvalue weighted by atomic mass is 10.0. The van der Waals surface area contributed by atoms with E-state index >= 15 is 0 Å². The fraction of sp³-hybridized carbons (Fsp3) is 0.154. The van der Waals surface area contributed by atoms with Gasteiger partial charge in [-0.25, -0.2) is 4.68 Å². The number of nitro groups is 1. The first-order valence-corrected chi connectivity index (χ1v) is 10.6. The number of carbonyl (C=O) groups is 1. The molecule has 4 aromatic rings. The Morgan fingerprint density at radius 2 is 1.64 bits per heavy atom. The molecule has 0 N–H and O–H groups in total. The molecule has 7 nitrogen and oxygen atoms in total. The van der Waals surface area contributed by atoms with Crippen molar-refractivity contribution in [1.29, 1.82) is 0 Å². The largest absolute Gasteiger partial charge is 0.341 e. The first-order valence-electron chi connectivity index (χ1n) is 10.6. The molecule has 0 aliphatic carbocycles. The molecule has 0 radical (unpaired) electrons. The highest BCUT2D eigenvalue weighted by atomic mass is 16.6. The molecule has 1 heterocycles. The summed E-state index contributed by atoms with van der Waals surface area (Å²) in [5, 5.41) is 15.7. The summed E-state index contributed by atoms with van der Waals surface area (Å²) in [6.07, 6.45) is 2.02. The van der Waals surface area contributed by atoms with Gasteiger partial charge >= 0.3 is 0 Å². The number of para-hydroxylation sites is 1. The number of nitrogens with zero attached hydrogens (tertiary/aromatic N) is 4. The van der Waals surface area contributed by atoms with E-state index in [1.807, 2.05) is 67.7 Å². The molecule has 0 atom stereocenters. The van der Waals surface area contributed by atoms with Crippen molar-refractivity contribution in [1.82, 2.24) is 14.7 Å². The molecule has 33 heavy (non-hydrogen) atoms. The van der Waals surface area contributed by atoms with Crippen molar-refractivity contribution >= 4 is 11.6 Å². The van der Waals surface area contributed by atoms with Gasteiger partial charge in [0.15, 0.2) is 0 Å². The summed E-state index contributed by atoms with van der Waals surface area (Å²) in [6.45, 7) is 2.55. The molecule has 0 unspecified atom stereocenters. The Bertz CT molecular complexity index is 1280. The van der Waals surface area contributed by atoms with Crippen LogP contribution >= 0.6 is 0 Å². The quantitative estimate of drug-likeness (QED) is 0.301. The van der Waals surface area contributed by atoms with Gasteiger partial charge in [0.05, 0.1) is 22.7 Å². The lowest BCUT2D eigenvalue weighted by Crippen LogP contribution is -2.28. The lowest BCUT2D eigenvalue weighted by molar-refractivity contribution is -0.384. The molecule has 1 amide bonds. The van der Waals surface area contributed by atoms with Crippen LogP contribution in [0.25, 0.3) is 16.9 Å². The van der Waals surface area contributed by atoms with Crippen LogP contribution in [0.15, 0.2) is 85.1 Å². The van der Waals surface area contributed by atoms with E-state index in [9.17, 15) is 14.9 Å². The Kier molecular flexibility index (Phi) is 6.31. The van der Waals surface area contributed by atoms with E-state index in [0.717, 1.165) is 27.9 Å². The van der Waals surface area contributed by atoms with Crippen molar-refractivity contribution in [2.45, 2.75) is 19.9 Å². The Morgan fingerprint density at radius 3 is 2.30 bits per heavy atom.